The number of nitrogens with zero attached hydrogens (tertiary/aromatic N) is 2. The molecule has 0 fully saturated rings. The van der Waals surface area contributed by atoms with Crippen molar-refractivity contribution in [2.24, 2.45) is 0 Å². The monoisotopic (exact) mass is 252 g/mol. The molecule has 0 unspecified atom stereocenters. The summed E-state index contributed by atoms with van der Waals surface area (Å²) in [6.45, 7) is 0.193. The van der Waals surface area contributed by atoms with Crippen LogP contribution in [-0.4, -0.2) is 21.9 Å². The molecule has 2 aromatic rings. The van der Waals surface area contributed by atoms with Crippen molar-refractivity contribution in [3.63, 3.8) is 0 Å². The molecule has 2 rings (SSSR count). The lowest BCUT2D eigenvalue weighted by Crippen LogP contribution is -1.88. The quantitative estimate of drug-likeness (QED) is 0.832. The minimum absolute atomic E-state index is 0.193. The van der Waals surface area contributed by atoms with Crippen LogP contribution in [0.2, 0.25) is 5.02 Å². The van der Waals surface area contributed by atoms with Crippen molar-refractivity contribution >= 4 is 11.6 Å². The largest absolute Gasteiger partial charge is 0.396 e. The zero-order valence-electron chi connectivity index (χ0n) is 9.27. The molecule has 0 spiro atoms. The molecule has 1 aromatic carbocycles. The lowest BCUT2D eigenvalue weighted by atomic mass is 10.2. The van der Waals surface area contributed by atoms with Crippen LogP contribution in [0, 0.1) is 0 Å². The minimum atomic E-state index is 0.193. The number of unbranched alkanes of at least 4 members (excludes halogenated alkanes) is 1. The first-order chi connectivity index (χ1) is 8.29. The molecule has 90 valence electrons. The molecule has 0 aliphatic heterocycles. The smallest absolute Gasteiger partial charge is 0.226 e. The molecule has 1 N–H and O–H groups in total. The van der Waals surface area contributed by atoms with E-state index in [1.165, 1.54) is 0 Å². The van der Waals surface area contributed by atoms with Gasteiger partial charge in [-0.05, 0) is 37.1 Å². The van der Waals surface area contributed by atoms with E-state index in [0.717, 1.165) is 18.4 Å². The number of aliphatic hydroxyl groups is 1. The van der Waals surface area contributed by atoms with E-state index in [4.69, 9.17) is 21.2 Å². The Morgan fingerprint density at radius 3 is 2.65 bits per heavy atom. The van der Waals surface area contributed by atoms with E-state index in [0.29, 0.717) is 23.2 Å². The van der Waals surface area contributed by atoms with E-state index in [1.807, 2.05) is 12.1 Å². The van der Waals surface area contributed by atoms with Crippen molar-refractivity contribution in [2.45, 2.75) is 19.3 Å². The van der Waals surface area contributed by atoms with Crippen molar-refractivity contribution < 1.29 is 9.63 Å². The van der Waals surface area contributed by atoms with Gasteiger partial charge in [0.2, 0.25) is 11.7 Å². The predicted octanol–water partition coefficient (Wildman–Crippen LogP) is 2.71. The summed E-state index contributed by atoms with van der Waals surface area (Å²) in [6, 6.07) is 7.28. The molecule has 5 heteroatoms. The fourth-order valence-electron chi connectivity index (χ4n) is 1.46. The zero-order chi connectivity index (χ0) is 12.1. The highest BCUT2D eigenvalue weighted by atomic mass is 35.5. The summed E-state index contributed by atoms with van der Waals surface area (Å²) in [4.78, 5) is 4.28. The molecule has 0 amide bonds. The minimum Gasteiger partial charge on any atom is -0.396 e. The Morgan fingerprint density at radius 1 is 1.18 bits per heavy atom. The molecular weight excluding hydrogens is 240 g/mol. The molecule has 4 nitrogen and oxygen atoms in total. The standard InChI is InChI=1S/C12H13ClN2O2/c13-10-6-4-9(5-7-10)12-14-11(17-15-12)3-1-2-8-16/h4-7,16H,1-3,8H2. The van der Waals surface area contributed by atoms with Gasteiger partial charge in [-0.15, -0.1) is 0 Å². The molecule has 0 aliphatic carbocycles. The van der Waals surface area contributed by atoms with Crippen molar-refractivity contribution in [3.8, 4) is 11.4 Å². The maximum Gasteiger partial charge on any atom is 0.226 e. The van der Waals surface area contributed by atoms with E-state index < -0.39 is 0 Å². The zero-order valence-corrected chi connectivity index (χ0v) is 10.0. The third-order valence-corrected chi connectivity index (χ3v) is 2.62. The van der Waals surface area contributed by atoms with Crippen molar-refractivity contribution in [3.05, 3.63) is 35.2 Å². The Hall–Kier alpha value is -1.39. The van der Waals surface area contributed by atoms with Crippen LogP contribution in [0.3, 0.4) is 0 Å². The lowest BCUT2D eigenvalue weighted by Gasteiger charge is -1.93. The average Bonchev–Trinajstić information content (AvgIpc) is 2.79. The van der Waals surface area contributed by atoms with Gasteiger partial charge in [0.25, 0.3) is 0 Å². The van der Waals surface area contributed by atoms with Crippen LogP contribution in [0.25, 0.3) is 11.4 Å². The van der Waals surface area contributed by atoms with Gasteiger partial charge in [0, 0.05) is 23.6 Å². The first-order valence-corrected chi connectivity index (χ1v) is 5.87. The Labute approximate surface area is 104 Å². The Bertz CT molecular complexity index is 468. The van der Waals surface area contributed by atoms with Crippen molar-refractivity contribution in [1.82, 2.24) is 10.1 Å². The van der Waals surface area contributed by atoms with Gasteiger partial charge in [-0.3, -0.25) is 0 Å². The molecule has 1 aromatic heterocycles. The maximum atomic E-state index is 8.67. The Kier molecular flexibility index (Phi) is 4.12. The van der Waals surface area contributed by atoms with Gasteiger partial charge in [0.05, 0.1) is 0 Å². The van der Waals surface area contributed by atoms with Gasteiger partial charge >= 0.3 is 0 Å². The third kappa shape index (κ3) is 3.28. The molecule has 0 saturated carbocycles. The summed E-state index contributed by atoms with van der Waals surface area (Å²) in [5.74, 6) is 1.17. The number of aryl methyl sites for hydroxylation is 1. The van der Waals surface area contributed by atoms with Crippen LogP contribution in [0.1, 0.15) is 18.7 Å². The van der Waals surface area contributed by atoms with Crippen LogP contribution in [0.5, 0.6) is 0 Å². The summed E-state index contributed by atoms with van der Waals surface area (Å²) < 4.78 is 5.12. The number of hydrogen-bond acceptors (Lipinski definition) is 4. The fourth-order valence-corrected chi connectivity index (χ4v) is 1.59. The summed E-state index contributed by atoms with van der Waals surface area (Å²) in [5, 5.41) is 13.3. The van der Waals surface area contributed by atoms with Crippen LogP contribution in [-0.2, 0) is 6.42 Å². The lowest BCUT2D eigenvalue weighted by molar-refractivity contribution is 0.281. The van der Waals surface area contributed by atoms with E-state index in [-0.39, 0.29) is 6.61 Å². The molecule has 0 radical (unpaired) electrons. The van der Waals surface area contributed by atoms with Crippen molar-refractivity contribution in [1.29, 1.82) is 0 Å². The number of benzene rings is 1. The topological polar surface area (TPSA) is 59.2 Å². The van der Waals surface area contributed by atoms with Crippen molar-refractivity contribution in [2.75, 3.05) is 6.61 Å². The molecule has 0 bridgehead atoms. The predicted molar refractivity (Wildman–Crippen MR) is 64.8 cm³/mol. The molecule has 0 aliphatic rings. The van der Waals surface area contributed by atoms with Crippen LogP contribution < -0.4 is 0 Å². The van der Waals surface area contributed by atoms with E-state index in [2.05, 4.69) is 10.1 Å². The second kappa shape index (κ2) is 5.80. The Balaban J connectivity index is 2.04. The number of aromatic nitrogens is 2. The number of aliphatic hydroxyl groups excluding tert-OH is 1. The summed E-state index contributed by atoms with van der Waals surface area (Å²) in [7, 11) is 0. The summed E-state index contributed by atoms with van der Waals surface area (Å²) in [5.41, 5.74) is 0.881. The van der Waals surface area contributed by atoms with Gasteiger partial charge < -0.3 is 9.63 Å². The molecule has 1 heterocycles. The second-order valence-electron chi connectivity index (χ2n) is 3.70. The maximum absolute atomic E-state index is 8.67. The van der Waals surface area contributed by atoms with Gasteiger partial charge in [-0.2, -0.15) is 4.98 Å². The summed E-state index contributed by atoms with van der Waals surface area (Å²) in [6.07, 6.45) is 2.29. The average molecular weight is 253 g/mol. The van der Waals surface area contributed by atoms with Gasteiger partial charge in [0.15, 0.2) is 0 Å². The van der Waals surface area contributed by atoms with Crippen LogP contribution >= 0.6 is 11.6 Å². The normalized spacial score (nSPS) is 10.7. The van der Waals surface area contributed by atoms with Gasteiger partial charge in [0.1, 0.15) is 0 Å². The molecular formula is C12H13ClN2O2. The van der Waals surface area contributed by atoms with E-state index in [9.17, 15) is 0 Å². The fraction of sp³-hybridized carbons (Fsp3) is 0.333. The van der Waals surface area contributed by atoms with E-state index >= 15 is 0 Å². The van der Waals surface area contributed by atoms with Crippen LogP contribution in [0.4, 0.5) is 0 Å². The van der Waals surface area contributed by atoms with Gasteiger partial charge in [-0.25, -0.2) is 0 Å². The molecule has 0 atom stereocenters. The molecule has 0 saturated heterocycles. The summed E-state index contributed by atoms with van der Waals surface area (Å²) >= 11 is 5.80. The Morgan fingerprint density at radius 2 is 1.94 bits per heavy atom. The highest BCUT2D eigenvalue weighted by Crippen LogP contribution is 2.19. The van der Waals surface area contributed by atoms with Gasteiger partial charge in [-0.1, -0.05) is 16.8 Å². The van der Waals surface area contributed by atoms with E-state index in [1.54, 1.807) is 12.1 Å². The number of halogens is 1. The first kappa shape index (κ1) is 12.1. The SMILES string of the molecule is OCCCCc1nc(-c2ccc(Cl)cc2)no1. The number of rotatable bonds is 5. The van der Waals surface area contributed by atoms with Crippen LogP contribution in [0.15, 0.2) is 28.8 Å². The second-order valence-corrected chi connectivity index (χ2v) is 4.14. The highest BCUT2D eigenvalue weighted by molar-refractivity contribution is 6.30. The highest BCUT2D eigenvalue weighted by Gasteiger charge is 2.07. The third-order valence-electron chi connectivity index (χ3n) is 2.37. The first-order valence-electron chi connectivity index (χ1n) is 5.49. The number of hydrogen-bond donors (Lipinski definition) is 1. The molecule has 17 heavy (non-hydrogen) atoms.